The quantitative estimate of drug-likeness (QED) is 0.520. The Bertz CT molecular complexity index is 1090. The number of aromatic nitrogens is 4. The van der Waals surface area contributed by atoms with Crippen LogP contribution in [0.3, 0.4) is 0 Å². The number of hydrogen-bond acceptors (Lipinski definition) is 3. The largest absolute Gasteiger partial charge is 0.436 e. The molecule has 1 N–H and O–H groups in total. The van der Waals surface area contributed by atoms with E-state index < -0.39 is 17.8 Å². The lowest BCUT2D eigenvalue weighted by atomic mass is 10.2. The zero-order chi connectivity index (χ0) is 21.5. The maximum absolute atomic E-state index is 13.8. The molecule has 0 radical (unpaired) electrons. The van der Waals surface area contributed by atoms with Crippen LogP contribution in [0.15, 0.2) is 41.1 Å². The van der Waals surface area contributed by atoms with Crippen LogP contribution in [0.5, 0.6) is 0 Å². The lowest BCUT2D eigenvalue weighted by Gasteiger charge is -2.07. The molecule has 2 heterocycles. The first-order valence-corrected chi connectivity index (χ1v) is 9.91. The monoisotopic (exact) mass is 485 g/mol. The van der Waals surface area contributed by atoms with Crippen LogP contribution in [0, 0.1) is 5.82 Å². The summed E-state index contributed by atoms with van der Waals surface area (Å²) in [6, 6.07) is 6.26. The van der Waals surface area contributed by atoms with Crippen LogP contribution >= 0.6 is 15.9 Å². The van der Waals surface area contributed by atoms with Crippen molar-refractivity contribution in [2.75, 3.05) is 5.32 Å². The van der Waals surface area contributed by atoms with E-state index in [0.717, 1.165) is 17.5 Å². The molecule has 1 fully saturated rings. The van der Waals surface area contributed by atoms with Crippen LogP contribution in [-0.4, -0.2) is 25.5 Å². The summed E-state index contributed by atoms with van der Waals surface area (Å²) in [5.74, 6) is -0.943. The van der Waals surface area contributed by atoms with Gasteiger partial charge in [-0.3, -0.25) is 14.2 Å². The van der Waals surface area contributed by atoms with Crippen molar-refractivity contribution in [3.63, 3.8) is 0 Å². The Balaban J connectivity index is 1.46. The van der Waals surface area contributed by atoms with Crippen molar-refractivity contribution in [2.45, 2.75) is 38.0 Å². The minimum atomic E-state index is -4.61. The smallest absolute Gasteiger partial charge is 0.322 e. The first-order valence-electron chi connectivity index (χ1n) is 9.11. The standard InChI is InChI=1S/C19H16BrF4N5O/c20-16-17(11-5-6-11)29(27-18(16)19(22,23)24)10-15(30)26-13-7-25-28(9-13)8-12-3-1-2-4-14(12)21/h1-4,7,9,11H,5-6,8,10H2,(H,26,30). The molecule has 0 bridgehead atoms. The minimum absolute atomic E-state index is 0.0423. The van der Waals surface area contributed by atoms with Crippen LogP contribution in [0.4, 0.5) is 23.2 Å². The summed E-state index contributed by atoms with van der Waals surface area (Å²) in [5.41, 5.74) is 0.142. The molecule has 6 nitrogen and oxygen atoms in total. The number of hydrogen-bond donors (Lipinski definition) is 1. The van der Waals surface area contributed by atoms with Gasteiger partial charge in [0.1, 0.15) is 12.4 Å². The molecule has 1 aliphatic carbocycles. The average molecular weight is 486 g/mol. The molecule has 0 aliphatic heterocycles. The summed E-state index contributed by atoms with van der Waals surface area (Å²) in [5, 5.41) is 10.3. The second-order valence-electron chi connectivity index (χ2n) is 7.04. The van der Waals surface area contributed by atoms with Crippen molar-refractivity contribution in [3.05, 3.63) is 63.9 Å². The van der Waals surface area contributed by atoms with Crippen LogP contribution in [0.2, 0.25) is 0 Å². The molecular formula is C19H16BrF4N5O. The van der Waals surface area contributed by atoms with E-state index in [2.05, 4.69) is 31.4 Å². The number of benzene rings is 1. The molecule has 158 valence electrons. The Morgan fingerprint density at radius 2 is 2.00 bits per heavy atom. The summed E-state index contributed by atoms with van der Waals surface area (Å²) >= 11 is 3.00. The van der Waals surface area contributed by atoms with Crippen molar-refractivity contribution >= 4 is 27.5 Å². The molecule has 2 aromatic heterocycles. The molecule has 0 saturated heterocycles. The predicted molar refractivity (Wildman–Crippen MR) is 103 cm³/mol. The molecule has 1 aromatic carbocycles. The number of carbonyl (C=O) groups excluding carboxylic acids is 1. The highest BCUT2D eigenvalue weighted by molar-refractivity contribution is 9.10. The fraction of sp³-hybridized carbons (Fsp3) is 0.316. The lowest BCUT2D eigenvalue weighted by Crippen LogP contribution is -2.21. The van der Waals surface area contributed by atoms with E-state index in [9.17, 15) is 22.4 Å². The Morgan fingerprint density at radius 3 is 2.67 bits per heavy atom. The van der Waals surface area contributed by atoms with Crippen LogP contribution in [0.1, 0.15) is 35.7 Å². The highest BCUT2D eigenvalue weighted by atomic mass is 79.9. The molecule has 30 heavy (non-hydrogen) atoms. The van der Waals surface area contributed by atoms with Gasteiger partial charge in [-0.05, 0) is 34.8 Å². The van der Waals surface area contributed by atoms with Gasteiger partial charge in [0, 0.05) is 17.7 Å². The van der Waals surface area contributed by atoms with Gasteiger partial charge in [0.05, 0.1) is 28.6 Å². The van der Waals surface area contributed by atoms with Crippen molar-refractivity contribution < 1.29 is 22.4 Å². The second-order valence-corrected chi connectivity index (χ2v) is 7.84. The molecule has 11 heteroatoms. The summed E-state index contributed by atoms with van der Waals surface area (Å²) in [6.07, 6.45) is -0.191. The number of anilines is 1. The van der Waals surface area contributed by atoms with E-state index in [1.165, 1.54) is 23.1 Å². The molecule has 0 atom stereocenters. The molecule has 0 spiro atoms. The van der Waals surface area contributed by atoms with E-state index in [4.69, 9.17) is 0 Å². The summed E-state index contributed by atoms with van der Waals surface area (Å²) in [4.78, 5) is 12.4. The maximum atomic E-state index is 13.8. The van der Waals surface area contributed by atoms with Crippen molar-refractivity contribution in [3.8, 4) is 0 Å². The van der Waals surface area contributed by atoms with E-state index in [1.54, 1.807) is 18.2 Å². The van der Waals surface area contributed by atoms with Gasteiger partial charge in [0.2, 0.25) is 5.91 Å². The van der Waals surface area contributed by atoms with Crippen molar-refractivity contribution in [2.24, 2.45) is 0 Å². The predicted octanol–water partition coefficient (Wildman–Crippen LogP) is 4.56. The van der Waals surface area contributed by atoms with Gasteiger partial charge in [0.25, 0.3) is 0 Å². The third-order valence-electron chi connectivity index (χ3n) is 4.66. The molecule has 1 amide bonds. The number of rotatable bonds is 6. The normalized spacial score (nSPS) is 14.2. The summed E-state index contributed by atoms with van der Waals surface area (Å²) in [7, 11) is 0. The van der Waals surface area contributed by atoms with Gasteiger partial charge in [0.15, 0.2) is 5.69 Å². The van der Waals surface area contributed by atoms with Gasteiger partial charge in [-0.15, -0.1) is 0 Å². The first-order chi connectivity index (χ1) is 14.2. The van der Waals surface area contributed by atoms with Gasteiger partial charge in [-0.25, -0.2) is 4.39 Å². The number of carbonyl (C=O) groups is 1. The molecule has 1 aliphatic rings. The van der Waals surface area contributed by atoms with Gasteiger partial charge in [-0.1, -0.05) is 18.2 Å². The minimum Gasteiger partial charge on any atom is -0.322 e. The third kappa shape index (κ3) is 4.40. The maximum Gasteiger partial charge on any atom is 0.436 e. The van der Waals surface area contributed by atoms with Crippen molar-refractivity contribution in [1.82, 2.24) is 19.6 Å². The molecule has 3 aromatic rings. The Labute approximate surface area is 177 Å². The number of nitrogens with zero attached hydrogens (tertiary/aromatic N) is 4. The number of nitrogens with one attached hydrogen (secondary N) is 1. The van der Waals surface area contributed by atoms with E-state index in [-0.39, 0.29) is 29.3 Å². The zero-order valence-corrected chi connectivity index (χ0v) is 17.0. The summed E-state index contributed by atoms with van der Waals surface area (Å²) < 4.78 is 55.7. The van der Waals surface area contributed by atoms with E-state index in [1.807, 2.05) is 0 Å². The number of amides is 1. The third-order valence-corrected chi connectivity index (χ3v) is 5.45. The van der Waals surface area contributed by atoms with Gasteiger partial charge >= 0.3 is 6.18 Å². The van der Waals surface area contributed by atoms with Crippen LogP contribution in [0.25, 0.3) is 0 Å². The molecule has 4 rings (SSSR count). The Kier molecular flexibility index (Phi) is 5.39. The van der Waals surface area contributed by atoms with Crippen molar-refractivity contribution in [1.29, 1.82) is 0 Å². The summed E-state index contributed by atoms with van der Waals surface area (Å²) in [6.45, 7) is -0.186. The highest BCUT2D eigenvalue weighted by Gasteiger charge is 2.41. The van der Waals surface area contributed by atoms with Gasteiger partial charge in [-0.2, -0.15) is 23.4 Å². The zero-order valence-electron chi connectivity index (χ0n) is 15.5. The lowest BCUT2D eigenvalue weighted by molar-refractivity contribution is -0.142. The van der Waals surface area contributed by atoms with E-state index in [0.29, 0.717) is 16.9 Å². The second kappa shape index (κ2) is 7.86. The van der Waals surface area contributed by atoms with Crippen LogP contribution in [-0.2, 0) is 24.1 Å². The molecule has 1 saturated carbocycles. The van der Waals surface area contributed by atoms with E-state index >= 15 is 0 Å². The Hall–Kier alpha value is -2.69. The number of halogens is 5. The molecular weight excluding hydrogens is 470 g/mol. The topological polar surface area (TPSA) is 64.7 Å². The SMILES string of the molecule is O=C(Cn1nc(C(F)(F)F)c(Br)c1C1CC1)Nc1cnn(Cc2ccccc2F)c1. The first kappa shape index (κ1) is 20.6. The van der Waals surface area contributed by atoms with Gasteiger partial charge < -0.3 is 5.32 Å². The Morgan fingerprint density at radius 1 is 1.27 bits per heavy atom. The number of alkyl halides is 3. The average Bonchev–Trinajstić information content (AvgIpc) is 3.31. The fourth-order valence-corrected chi connectivity index (χ4v) is 3.99. The fourth-order valence-electron chi connectivity index (χ4n) is 3.15. The molecule has 0 unspecified atom stereocenters. The highest BCUT2D eigenvalue weighted by Crippen LogP contribution is 2.46. The van der Waals surface area contributed by atoms with Crippen LogP contribution < -0.4 is 5.32 Å².